The van der Waals surface area contributed by atoms with Crippen molar-refractivity contribution >= 4 is 23.6 Å². The topological polar surface area (TPSA) is 108 Å². The first kappa shape index (κ1) is 20.5. The van der Waals surface area contributed by atoms with Crippen LogP contribution in [0.25, 0.3) is 0 Å². The third-order valence-corrected chi connectivity index (χ3v) is 3.77. The number of aromatic nitrogens is 1. The largest absolute Gasteiger partial charge is 0.444 e. The fraction of sp³-hybridized carbons (Fsp3) is 0.556. The van der Waals surface area contributed by atoms with E-state index in [0.717, 1.165) is 13.0 Å². The van der Waals surface area contributed by atoms with Crippen molar-refractivity contribution < 1.29 is 14.3 Å². The van der Waals surface area contributed by atoms with Gasteiger partial charge in [0, 0.05) is 26.3 Å². The van der Waals surface area contributed by atoms with Crippen molar-refractivity contribution in [1.82, 2.24) is 20.5 Å². The normalized spacial score (nSPS) is 17.4. The third-order valence-electron chi connectivity index (χ3n) is 3.77. The second kappa shape index (κ2) is 9.20. The van der Waals surface area contributed by atoms with Gasteiger partial charge in [0.05, 0.1) is 24.5 Å². The molecule has 1 fully saturated rings. The number of pyridine rings is 1. The highest BCUT2D eigenvalue weighted by Gasteiger charge is 2.28. The van der Waals surface area contributed by atoms with Crippen LogP contribution < -0.4 is 16.0 Å². The van der Waals surface area contributed by atoms with Crippen LogP contribution in [0.4, 0.5) is 10.5 Å². The Bertz CT molecular complexity index is 671. The molecule has 1 aromatic heterocycles. The van der Waals surface area contributed by atoms with Crippen molar-refractivity contribution in [3.63, 3.8) is 0 Å². The number of hydrogen-bond donors (Lipinski definition) is 3. The van der Waals surface area contributed by atoms with Gasteiger partial charge in [-0.05, 0) is 39.3 Å². The van der Waals surface area contributed by atoms with Gasteiger partial charge in [0.25, 0.3) is 0 Å². The second-order valence-electron chi connectivity index (χ2n) is 7.27. The number of rotatable bonds is 4. The molecule has 0 aromatic carbocycles. The van der Waals surface area contributed by atoms with E-state index in [2.05, 4.69) is 25.9 Å². The van der Waals surface area contributed by atoms with E-state index in [-0.39, 0.29) is 18.5 Å². The van der Waals surface area contributed by atoms with E-state index in [0.29, 0.717) is 18.2 Å². The summed E-state index contributed by atoms with van der Waals surface area (Å²) in [4.78, 5) is 34.1. The molecule has 148 valence electrons. The summed E-state index contributed by atoms with van der Waals surface area (Å²) in [6.45, 7) is 6.90. The fourth-order valence-electron chi connectivity index (χ4n) is 2.68. The summed E-state index contributed by atoms with van der Waals surface area (Å²) in [6.07, 6.45) is 3.58. The molecule has 27 heavy (non-hydrogen) atoms. The maximum Gasteiger partial charge on any atom is 0.407 e. The van der Waals surface area contributed by atoms with Crippen LogP contribution >= 0.6 is 0 Å². The SMILES string of the molecule is CN=C(NCC(=O)Nc1cccnc1)N1CCC(NC(=O)OC(C)(C)C)C1. The summed E-state index contributed by atoms with van der Waals surface area (Å²) in [5, 5.41) is 8.67. The van der Waals surface area contributed by atoms with Gasteiger partial charge in [-0.2, -0.15) is 0 Å². The van der Waals surface area contributed by atoms with E-state index < -0.39 is 11.7 Å². The molecule has 1 atom stereocenters. The van der Waals surface area contributed by atoms with Crippen LogP contribution in [0.15, 0.2) is 29.5 Å². The van der Waals surface area contributed by atoms with Crippen LogP contribution in [-0.4, -0.2) is 66.2 Å². The van der Waals surface area contributed by atoms with Gasteiger partial charge in [0.2, 0.25) is 5.91 Å². The monoisotopic (exact) mass is 376 g/mol. The molecule has 2 amide bonds. The highest BCUT2D eigenvalue weighted by atomic mass is 16.6. The number of carbonyl (C=O) groups excluding carboxylic acids is 2. The Kier molecular flexibility index (Phi) is 6.98. The van der Waals surface area contributed by atoms with Gasteiger partial charge in [-0.25, -0.2) is 4.79 Å². The molecule has 1 aliphatic rings. The average Bonchev–Trinajstić information content (AvgIpc) is 3.02. The first-order chi connectivity index (χ1) is 12.8. The Balaban J connectivity index is 1.77. The predicted molar refractivity (Wildman–Crippen MR) is 104 cm³/mol. The Morgan fingerprint density at radius 2 is 2.19 bits per heavy atom. The molecule has 1 saturated heterocycles. The van der Waals surface area contributed by atoms with Crippen molar-refractivity contribution in [1.29, 1.82) is 0 Å². The quantitative estimate of drug-likeness (QED) is 0.538. The molecule has 9 heteroatoms. The fourth-order valence-corrected chi connectivity index (χ4v) is 2.68. The molecule has 1 unspecified atom stereocenters. The summed E-state index contributed by atoms with van der Waals surface area (Å²) in [6, 6.07) is 3.50. The minimum atomic E-state index is -0.526. The molecule has 1 aromatic rings. The molecular weight excluding hydrogens is 348 g/mol. The van der Waals surface area contributed by atoms with Crippen LogP contribution in [0.3, 0.4) is 0 Å². The van der Waals surface area contributed by atoms with Gasteiger partial charge in [0.1, 0.15) is 5.60 Å². The number of nitrogens with zero attached hydrogens (tertiary/aromatic N) is 3. The van der Waals surface area contributed by atoms with E-state index >= 15 is 0 Å². The van der Waals surface area contributed by atoms with E-state index in [1.165, 1.54) is 0 Å². The van der Waals surface area contributed by atoms with Crippen LogP contribution in [0.2, 0.25) is 0 Å². The third kappa shape index (κ3) is 7.12. The summed E-state index contributed by atoms with van der Waals surface area (Å²) in [7, 11) is 1.66. The molecule has 0 bridgehead atoms. The van der Waals surface area contributed by atoms with E-state index in [4.69, 9.17) is 4.74 Å². The Hall–Kier alpha value is -2.84. The molecule has 2 rings (SSSR count). The number of hydrogen-bond acceptors (Lipinski definition) is 5. The Morgan fingerprint density at radius 3 is 2.81 bits per heavy atom. The van der Waals surface area contributed by atoms with Gasteiger partial charge in [-0.1, -0.05) is 0 Å². The lowest BCUT2D eigenvalue weighted by molar-refractivity contribution is -0.115. The number of carbonyl (C=O) groups is 2. The zero-order valence-electron chi connectivity index (χ0n) is 16.3. The number of alkyl carbamates (subject to hydrolysis) is 1. The molecule has 0 aliphatic carbocycles. The lowest BCUT2D eigenvalue weighted by Gasteiger charge is -2.23. The lowest BCUT2D eigenvalue weighted by Crippen LogP contribution is -2.45. The molecule has 0 radical (unpaired) electrons. The Morgan fingerprint density at radius 1 is 1.41 bits per heavy atom. The summed E-state index contributed by atoms with van der Waals surface area (Å²) in [5.41, 5.74) is 0.115. The number of nitrogens with one attached hydrogen (secondary N) is 3. The number of ether oxygens (including phenoxy) is 1. The van der Waals surface area contributed by atoms with Gasteiger partial charge < -0.3 is 25.6 Å². The molecule has 2 heterocycles. The van der Waals surface area contributed by atoms with Crippen molar-refractivity contribution in [2.45, 2.75) is 38.8 Å². The zero-order valence-corrected chi connectivity index (χ0v) is 16.3. The highest BCUT2D eigenvalue weighted by molar-refractivity contribution is 5.94. The van der Waals surface area contributed by atoms with E-state index in [1.807, 2.05) is 25.7 Å². The zero-order chi connectivity index (χ0) is 19.9. The number of guanidine groups is 1. The predicted octanol–water partition coefficient (Wildman–Crippen LogP) is 1.19. The second-order valence-corrected chi connectivity index (χ2v) is 7.27. The van der Waals surface area contributed by atoms with Crippen LogP contribution in [0.1, 0.15) is 27.2 Å². The van der Waals surface area contributed by atoms with Gasteiger partial charge in [-0.3, -0.25) is 14.8 Å². The van der Waals surface area contributed by atoms with Gasteiger partial charge in [-0.15, -0.1) is 0 Å². The number of likely N-dealkylation sites (tertiary alicyclic amines) is 1. The van der Waals surface area contributed by atoms with Crippen molar-refractivity contribution in [2.24, 2.45) is 4.99 Å². The summed E-state index contributed by atoms with van der Waals surface area (Å²) in [5.74, 6) is 0.427. The van der Waals surface area contributed by atoms with E-state index in [9.17, 15) is 9.59 Å². The maximum absolute atomic E-state index is 12.0. The summed E-state index contributed by atoms with van der Waals surface area (Å²) < 4.78 is 5.28. The molecule has 3 N–H and O–H groups in total. The van der Waals surface area contributed by atoms with Crippen molar-refractivity contribution in [3.05, 3.63) is 24.5 Å². The van der Waals surface area contributed by atoms with Crippen molar-refractivity contribution in [3.8, 4) is 0 Å². The first-order valence-electron chi connectivity index (χ1n) is 8.92. The molecule has 0 saturated carbocycles. The summed E-state index contributed by atoms with van der Waals surface area (Å²) >= 11 is 0. The molecule has 1 aliphatic heterocycles. The maximum atomic E-state index is 12.0. The molecular formula is C18H28N6O3. The van der Waals surface area contributed by atoms with Crippen LogP contribution in [0.5, 0.6) is 0 Å². The minimum Gasteiger partial charge on any atom is -0.444 e. The number of aliphatic imine (C=N–C) groups is 1. The van der Waals surface area contributed by atoms with Gasteiger partial charge in [0.15, 0.2) is 5.96 Å². The van der Waals surface area contributed by atoms with Crippen LogP contribution in [0, 0.1) is 0 Å². The van der Waals surface area contributed by atoms with Crippen LogP contribution in [-0.2, 0) is 9.53 Å². The highest BCUT2D eigenvalue weighted by Crippen LogP contribution is 2.12. The van der Waals surface area contributed by atoms with Gasteiger partial charge >= 0.3 is 6.09 Å². The van der Waals surface area contributed by atoms with E-state index in [1.54, 1.807) is 31.6 Å². The number of anilines is 1. The average molecular weight is 376 g/mol. The standard InChI is InChI=1S/C18H28N6O3/c1-18(2,3)27-17(26)23-14-7-9-24(12-14)16(19-4)21-11-15(25)22-13-6-5-8-20-10-13/h5-6,8,10,14H,7,9,11-12H2,1-4H3,(H,19,21)(H,22,25)(H,23,26). The molecule has 0 spiro atoms. The first-order valence-corrected chi connectivity index (χ1v) is 8.92. The number of amides is 2. The van der Waals surface area contributed by atoms with Crippen molar-refractivity contribution in [2.75, 3.05) is 32.0 Å². The molecule has 9 nitrogen and oxygen atoms in total. The Labute approximate surface area is 159 Å². The smallest absolute Gasteiger partial charge is 0.407 e. The minimum absolute atomic E-state index is 0.0254. The lowest BCUT2D eigenvalue weighted by atomic mass is 10.2.